The van der Waals surface area contributed by atoms with E-state index in [1.807, 2.05) is 72.7 Å². The van der Waals surface area contributed by atoms with Crippen molar-refractivity contribution in [3.63, 3.8) is 0 Å². The number of hydrogen-bond donors (Lipinski definition) is 5. The predicted molar refractivity (Wildman–Crippen MR) is 222 cm³/mol. The first-order chi connectivity index (χ1) is 26.2. The van der Waals surface area contributed by atoms with E-state index in [-0.39, 0.29) is 72.8 Å². The third-order valence-corrected chi connectivity index (χ3v) is 10.1. The maximum absolute atomic E-state index is 13.6. The standard InChI is InChI=1S/C43H72N6O8/c1-28(2)35(37(53)47-32(14-13-22-45-39(44)55)36(52)46-30-17-15-29(16-18-30)27-40(3,4)5)48-33(50)19-24-56-43(11,12)21-25-57-42(9,10)20-23-49-34(51)26-31(38(49)54)41(6,7)8/h15-18,28,31-32,35H,13-14,19-27H2,1-12H3,(H,46,52)(H,47,53)(H,48,50)(H3,44,45,55)/t31?,32-,35?/m0/s1. The van der Waals surface area contributed by atoms with Crippen molar-refractivity contribution >= 4 is 41.3 Å². The van der Waals surface area contributed by atoms with Crippen molar-refractivity contribution in [2.24, 2.45) is 28.4 Å². The number of carbonyl (C=O) groups excluding carboxylic acids is 6. The van der Waals surface area contributed by atoms with E-state index >= 15 is 0 Å². The minimum Gasteiger partial charge on any atom is -0.375 e. The van der Waals surface area contributed by atoms with Gasteiger partial charge in [0.05, 0.1) is 36.8 Å². The summed E-state index contributed by atoms with van der Waals surface area (Å²) in [6.45, 7) is 24.7. The fourth-order valence-corrected chi connectivity index (χ4v) is 6.49. The number of nitrogens with two attached hydrogens (primary N) is 1. The van der Waals surface area contributed by atoms with Gasteiger partial charge in [-0.05, 0) is 94.2 Å². The van der Waals surface area contributed by atoms with E-state index in [9.17, 15) is 28.8 Å². The second-order valence-electron chi connectivity index (χ2n) is 19.2. The molecule has 0 aliphatic carbocycles. The number of likely N-dealkylation sites (tertiary alicyclic amines) is 1. The van der Waals surface area contributed by atoms with Crippen LogP contribution < -0.4 is 27.0 Å². The number of amides is 7. The molecule has 1 aromatic rings. The van der Waals surface area contributed by atoms with Gasteiger partial charge in [0.25, 0.3) is 0 Å². The summed E-state index contributed by atoms with van der Waals surface area (Å²) in [4.78, 5) is 78.1. The Hall–Kier alpha value is -4.04. The maximum atomic E-state index is 13.6. The van der Waals surface area contributed by atoms with Gasteiger partial charge in [-0.3, -0.25) is 28.9 Å². The molecule has 0 aromatic heterocycles. The van der Waals surface area contributed by atoms with Crippen molar-refractivity contribution in [1.82, 2.24) is 20.9 Å². The molecular weight excluding hydrogens is 729 g/mol. The fourth-order valence-electron chi connectivity index (χ4n) is 6.49. The van der Waals surface area contributed by atoms with E-state index in [1.54, 1.807) is 13.8 Å². The zero-order valence-electron chi connectivity index (χ0n) is 36.7. The SMILES string of the molecule is CC(C)C(NC(=O)CCOC(C)(C)CCOC(C)(C)CCN1C(=O)CC(C(C)(C)C)C1=O)C(=O)N[C@@H](CCCNC(N)=O)C(=O)Nc1ccc(CC(C)(C)C)cc1. The van der Waals surface area contributed by atoms with Gasteiger partial charge in [0.2, 0.25) is 29.5 Å². The number of imide groups is 1. The van der Waals surface area contributed by atoms with E-state index in [0.717, 1.165) is 12.0 Å². The average molecular weight is 801 g/mol. The van der Waals surface area contributed by atoms with Crippen LogP contribution in [0.15, 0.2) is 24.3 Å². The summed E-state index contributed by atoms with van der Waals surface area (Å²) in [5.74, 6) is -2.15. The predicted octanol–water partition coefficient (Wildman–Crippen LogP) is 5.47. The molecule has 0 radical (unpaired) electrons. The van der Waals surface area contributed by atoms with Gasteiger partial charge in [-0.2, -0.15) is 0 Å². The normalized spacial score (nSPS) is 16.4. The molecule has 1 aliphatic heterocycles. The molecule has 6 N–H and O–H groups in total. The summed E-state index contributed by atoms with van der Waals surface area (Å²) < 4.78 is 12.2. The summed E-state index contributed by atoms with van der Waals surface area (Å²) in [6.07, 6.45) is 2.75. The Morgan fingerprint density at radius 3 is 1.98 bits per heavy atom. The van der Waals surface area contributed by atoms with E-state index in [0.29, 0.717) is 38.1 Å². The van der Waals surface area contributed by atoms with Crippen LogP contribution in [-0.2, 0) is 39.9 Å². The van der Waals surface area contributed by atoms with Crippen LogP contribution in [0.25, 0.3) is 0 Å². The molecule has 2 unspecified atom stereocenters. The molecule has 2 rings (SSSR count). The zero-order chi connectivity index (χ0) is 43.4. The Kier molecular flexibility index (Phi) is 18.2. The van der Waals surface area contributed by atoms with Crippen LogP contribution in [0.4, 0.5) is 10.5 Å². The molecule has 0 bridgehead atoms. The van der Waals surface area contributed by atoms with E-state index in [4.69, 9.17) is 15.2 Å². The average Bonchev–Trinajstić information content (AvgIpc) is 3.36. The first kappa shape index (κ1) is 49.1. The lowest BCUT2D eigenvalue weighted by Crippen LogP contribution is -2.54. The molecule has 1 heterocycles. The summed E-state index contributed by atoms with van der Waals surface area (Å²) in [5, 5.41) is 11.0. The Labute approximate surface area is 340 Å². The first-order valence-electron chi connectivity index (χ1n) is 20.3. The number of carbonyl (C=O) groups is 6. The third kappa shape index (κ3) is 18.0. The number of primary amides is 1. The highest BCUT2D eigenvalue weighted by Crippen LogP contribution is 2.36. The van der Waals surface area contributed by atoms with Crippen LogP contribution in [0.3, 0.4) is 0 Å². The molecule has 1 aliphatic rings. The summed E-state index contributed by atoms with van der Waals surface area (Å²) >= 11 is 0. The van der Waals surface area contributed by atoms with E-state index < -0.39 is 41.1 Å². The molecule has 322 valence electrons. The number of benzene rings is 1. The lowest BCUT2D eigenvalue weighted by atomic mass is 9.80. The number of nitrogens with one attached hydrogen (secondary N) is 4. The minimum absolute atomic E-state index is 0.00758. The fraction of sp³-hybridized carbons (Fsp3) is 0.721. The lowest BCUT2D eigenvalue weighted by Gasteiger charge is -2.31. The van der Waals surface area contributed by atoms with Crippen LogP contribution >= 0.6 is 0 Å². The highest BCUT2D eigenvalue weighted by molar-refractivity contribution is 6.04. The van der Waals surface area contributed by atoms with Gasteiger partial charge in [0.1, 0.15) is 12.1 Å². The van der Waals surface area contributed by atoms with Gasteiger partial charge < -0.3 is 36.5 Å². The van der Waals surface area contributed by atoms with Crippen LogP contribution in [0, 0.1) is 22.7 Å². The van der Waals surface area contributed by atoms with Crippen molar-refractivity contribution in [3.8, 4) is 0 Å². The number of hydrogen-bond acceptors (Lipinski definition) is 8. The quantitative estimate of drug-likeness (QED) is 0.0752. The Bertz CT molecular complexity index is 1530. The molecule has 1 aromatic carbocycles. The maximum Gasteiger partial charge on any atom is 0.312 e. The van der Waals surface area contributed by atoms with Crippen LogP contribution in [0.1, 0.15) is 127 Å². The van der Waals surface area contributed by atoms with Gasteiger partial charge in [-0.1, -0.05) is 67.5 Å². The van der Waals surface area contributed by atoms with Crippen molar-refractivity contribution in [2.75, 3.05) is 31.6 Å². The molecule has 14 nitrogen and oxygen atoms in total. The van der Waals surface area contributed by atoms with Gasteiger partial charge in [-0.15, -0.1) is 0 Å². The van der Waals surface area contributed by atoms with Gasteiger partial charge >= 0.3 is 6.03 Å². The van der Waals surface area contributed by atoms with Gasteiger partial charge in [0.15, 0.2) is 0 Å². The molecule has 14 heteroatoms. The van der Waals surface area contributed by atoms with Crippen molar-refractivity contribution in [3.05, 3.63) is 29.8 Å². The number of anilines is 1. The third-order valence-electron chi connectivity index (χ3n) is 10.1. The molecular formula is C43H72N6O8. The van der Waals surface area contributed by atoms with Crippen LogP contribution in [0.2, 0.25) is 0 Å². The molecule has 3 atom stereocenters. The monoisotopic (exact) mass is 801 g/mol. The summed E-state index contributed by atoms with van der Waals surface area (Å²) in [6, 6.07) is 5.04. The molecule has 0 spiro atoms. The molecule has 1 fully saturated rings. The first-order valence-corrected chi connectivity index (χ1v) is 20.3. The Balaban J connectivity index is 1.90. The Morgan fingerprint density at radius 1 is 0.842 bits per heavy atom. The largest absolute Gasteiger partial charge is 0.375 e. The number of urea groups is 1. The zero-order valence-corrected chi connectivity index (χ0v) is 36.7. The molecule has 0 saturated carbocycles. The smallest absolute Gasteiger partial charge is 0.312 e. The number of nitrogens with zero attached hydrogens (tertiary/aromatic N) is 1. The lowest BCUT2D eigenvalue weighted by molar-refractivity contribution is -0.141. The second-order valence-corrected chi connectivity index (χ2v) is 19.2. The van der Waals surface area contributed by atoms with Crippen molar-refractivity contribution < 1.29 is 38.2 Å². The molecule has 7 amide bonds. The van der Waals surface area contributed by atoms with E-state index in [2.05, 4.69) is 42.0 Å². The highest BCUT2D eigenvalue weighted by Gasteiger charge is 2.44. The van der Waals surface area contributed by atoms with Crippen molar-refractivity contribution in [1.29, 1.82) is 0 Å². The van der Waals surface area contributed by atoms with Gasteiger partial charge in [-0.25, -0.2) is 4.79 Å². The number of rotatable bonds is 22. The van der Waals surface area contributed by atoms with Gasteiger partial charge in [0, 0.05) is 25.2 Å². The highest BCUT2D eigenvalue weighted by atomic mass is 16.5. The second kappa shape index (κ2) is 21.1. The topological polar surface area (TPSA) is 198 Å². The van der Waals surface area contributed by atoms with Crippen molar-refractivity contribution in [2.45, 2.75) is 151 Å². The molecule has 1 saturated heterocycles. The summed E-state index contributed by atoms with van der Waals surface area (Å²) in [7, 11) is 0. The summed E-state index contributed by atoms with van der Waals surface area (Å²) in [5.41, 5.74) is 5.54. The number of ether oxygens (including phenoxy) is 2. The minimum atomic E-state index is -0.943. The Morgan fingerprint density at radius 2 is 1.44 bits per heavy atom. The van der Waals surface area contributed by atoms with Crippen LogP contribution in [-0.4, -0.2) is 90.1 Å². The van der Waals surface area contributed by atoms with E-state index in [1.165, 1.54) is 4.90 Å². The molecule has 57 heavy (non-hydrogen) atoms. The van der Waals surface area contributed by atoms with Crippen LogP contribution in [0.5, 0.6) is 0 Å².